The number of hydrogen-bond acceptors (Lipinski definition) is 2. The number of imidazole rings is 1. The van der Waals surface area contributed by atoms with Gasteiger partial charge < -0.3 is 5.11 Å². The fraction of sp³-hybridized carbons (Fsp3) is 0.200. The minimum Gasteiger partial charge on any atom is -0.476 e. The molecule has 0 saturated carbocycles. The molecule has 0 radical (unpaired) electrons. The summed E-state index contributed by atoms with van der Waals surface area (Å²) in [5.74, 6) is -2.71. The lowest BCUT2D eigenvalue weighted by molar-refractivity contribution is -0.145. The van der Waals surface area contributed by atoms with Gasteiger partial charge in [0.15, 0.2) is 5.69 Å². The minimum atomic E-state index is -4.69. The maximum atomic E-state index is 12.7. The lowest BCUT2D eigenvalue weighted by Crippen LogP contribution is -2.11. The average Bonchev–Trinajstić information content (AvgIpc) is 2.55. The number of carbonyl (C=O) groups is 1. The van der Waals surface area contributed by atoms with Crippen LogP contribution in [0, 0.1) is 6.92 Å². The summed E-state index contributed by atoms with van der Waals surface area (Å²) in [4.78, 5) is 13.9. The molecule has 0 unspecified atom stereocenters. The van der Waals surface area contributed by atoms with E-state index in [1.54, 1.807) is 6.92 Å². The van der Waals surface area contributed by atoms with E-state index in [1.807, 2.05) is 0 Å². The van der Waals surface area contributed by atoms with Gasteiger partial charge in [0, 0.05) is 6.20 Å². The van der Waals surface area contributed by atoms with Gasteiger partial charge in [-0.15, -0.1) is 0 Å². The number of pyridine rings is 1. The van der Waals surface area contributed by atoms with Crippen LogP contribution >= 0.6 is 0 Å². The molecule has 0 saturated heterocycles. The number of aryl methyl sites for hydroxylation is 1. The number of rotatable bonds is 1. The average molecular weight is 244 g/mol. The van der Waals surface area contributed by atoms with Crippen LogP contribution < -0.4 is 0 Å². The number of alkyl halides is 3. The van der Waals surface area contributed by atoms with Crippen LogP contribution in [0.1, 0.15) is 21.9 Å². The molecule has 0 atom stereocenters. The summed E-state index contributed by atoms with van der Waals surface area (Å²) in [5, 5.41) is 8.79. The van der Waals surface area contributed by atoms with Crippen molar-refractivity contribution in [3.63, 3.8) is 0 Å². The monoisotopic (exact) mass is 244 g/mol. The molecule has 2 aromatic heterocycles. The van der Waals surface area contributed by atoms with Crippen LogP contribution in [0.2, 0.25) is 0 Å². The second-order valence-corrected chi connectivity index (χ2v) is 3.55. The van der Waals surface area contributed by atoms with Gasteiger partial charge in [0.05, 0.1) is 5.52 Å². The van der Waals surface area contributed by atoms with Crippen molar-refractivity contribution in [2.24, 2.45) is 0 Å². The quantitative estimate of drug-likeness (QED) is 0.837. The minimum absolute atomic E-state index is 0.0737. The van der Waals surface area contributed by atoms with Crippen molar-refractivity contribution in [1.82, 2.24) is 9.38 Å². The topological polar surface area (TPSA) is 54.6 Å². The fourth-order valence-electron chi connectivity index (χ4n) is 1.55. The highest BCUT2D eigenvalue weighted by molar-refractivity contribution is 5.93. The van der Waals surface area contributed by atoms with Crippen LogP contribution in [-0.4, -0.2) is 20.5 Å². The van der Waals surface area contributed by atoms with E-state index in [0.717, 1.165) is 4.40 Å². The van der Waals surface area contributed by atoms with Crippen molar-refractivity contribution < 1.29 is 23.1 Å². The van der Waals surface area contributed by atoms with E-state index >= 15 is 0 Å². The molecule has 2 heterocycles. The molecular weight excluding hydrogens is 237 g/mol. The molecule has 17 heavy (non-hydrogen) atoms. The molecule has 90 valence electrons. The van der Waals surface area contributed by atoms with Crippen LogP contribution in [0.3, 0.4) is 0 Å². The smallest absolute Gasteiger partial charge is 0.450 e. The third kappa shape index (κ3) is 1.83. The Morgan fingerprint density at radius 3 is 2.59 bits per heavy atom. The molecular formula is C10H7F3N2O2. The second-order valence-electron chi connectivity index (χ2n) is 3.55. The number of hydrogen-bond donors (Lipinski definition) is 1. The summed E-state index contributed by atoms with van der Waals surface area (Å²) >= 11 is 0. The van der Waals surface area contributed by atoms with Gasteiger partial charge in [-0.05, 0) is 18.6 Å². The summed E-state index contributed by atoms with van der Waals surface area (Å²) in [6.07, 6.45) is -3.48. The molecule has 2 rings (SSSR count). The first-order valence-electron chi connectivity index (χ1n) is 4.60. The van der Waals surface area contributed by atoms with Gasteiger partial charge in [0.25, 0.3) is 0 Å². The van der Waals surface area contributed by atoms with Crippen molar-refractivity contribution in [2.45, 2.75) is 13.1 Å². The number of carboxylic acids is 1. The zero-order valence-corrected chi connectivity index (χ0v) is 8.62. The SMILES string of the molecule is Cc1ccc2c(C(=O)O)nc(C(F)(F)F)n2c1. The van der Waals surface area contributed by atoms with Crippen LogP contribution in [0.15, 0.2) is 18.3 Å². The first kappa shape index (κ1) is 11.4. The Hall–Kier alpha value is -2.05. The summed E-state index contributed by atoms with van der Waals surface area (Å²) in [6, 6.07) is 2.84. The summed E-state index contributed by atoms with van der Waals surface area (Å²) in [6.45, 7) is 1.61. The number of aromatic carboxylic acids is 1. The standard InChI is InChI=1S/C10H7F3N2O2/c1-5-2-3-6-7(8(16)17)14-9(10(11,12)13)15(6)4-5/h2-4H,1H3,(H,16,17). The van der Waals surface area contributed by atoms with Crippen LogP contribution in [-0.2, 0) is 6.18 Å². The lowest BCUT2D eigenvalue weighted by Gasteiger charge is -2.05. The summed E-state index contributed by atoms with van der Waals surface area (Å²) < 4.78 is 38.7. The van der Waals surface area contributed by atoms with Gasteiger partial charge in [0.1, 0.15) is 0 Å². The first-order chi connectivity index (χ1) is 7.80. The van der Waals surface area contributed by atoms with Crippen molar-refractivity contribution in [2.75, 3.05) is 0 Å². The highest BCUT2D eigenvalue weighted by Gasteiger charge is 2.38. The van der Waals surface area contributed by atoms with E-state index < -0.39 is 23.7 Å². The van der Waals surface area contributed by atoms with Gasteiger partial charge in [-0.1, -0.05) is 6.07 Å². The Morgan fingerprint density at radius 2 is 2.06 bits per heavy atom. The highest BCUT2D eigenvalue weighted by Crippen LogP contribution is 2.30. The predicted octanol–water partition coefficient (Wildman–Crippen LogP) is 2.36. The van der Waals surface area contributed by atoms with Crippen molar-refractivity contribution >= 4 is 11.5 Å². The second kappa shape index (κ2) is 3.47. The van der Waals surface area contributed by atoms with Crippen LogP contribution in [0.25, 0.3) is 5.52 Å². The number of nitrogens with zero attached hydrogens (tertiary/aromatic N) is 2. The maximum Gasteiger partial charge on any atom is 0.450 e. The number of fused-ring (bicyclic) bond motifs is 1. The molecule has 1 N–H and O–H groups in total. The predicted molar refractivity (Wildman–Crippen MR) is 51.9 cm³/mol. The van der Waals surface area contributed by atoms with Gasteiger partial charge in [0.2, 0.25) is 5.82 Å². The third-order valence-electron chi connectivity index (χ3n) is 2.24. The molecule has 0 amide bonds. The Labute approximate surface area is 93.3 Å². The Balaban J connectivity index is 2.85. The molecule has 7 heteroatoms. The lowest BCUT2D eigenvalue weighted by atomic mass is 10.2. The number of aromatic nitrogens is 2. The zero-order valence-electron chi connectivity index (χ0n) is 8.62. The van der Waals surface area contributed by atoms with Crippen LogP contribution in [0.5, 0.6) is 0 Å². The molecule has 0 aliphatic rings. The maximum absolute atomic E-state index is 12.7. The van der Waals surface area contributed by atoms with E-state index in [-0.39, 0.29) is 5.52 Å². The van der Waals surface area contributed by atoms with Gasteiger partial charge in [-0.25, -0.2) is 9.78 Å². The van der Waals surface area contributed by atoms with Crippen molar-refractivity contribution in [1.29, 1.82) is 0 Å². The Kier molecular flexibility index (Phi) is 2.34. The highest BCUT2D eigenvalue weighted by atomic mass is 19.4. The zero-order chi connectivity index (χ0) is 12.8. The van der Waals surface area contributed by atoms with E-state index in [4.69, 9.17) is 5.11 Å². The molecule has 0 aromatic carbocycles. The molecule has 0 aliphatic carbocycles. The Bertz CT molecular complexity index is 601. The van der Waals surface area contributed by atoms with Gasteiger partial charge in [-0.3, -0.25) is 4.40 Å². The molecule has 0 aliphatic heterocycles. The molecule has 0 bridgehead atoms. The van der Waals surface area contributed by atoms with E-state index in [2.05, 4.69) is 4.98 Å². The van der Waals surface area contributed by atoms with Crippen molar-refractivity contribution in [3.05, 3.63) is 35.4 Å². The van der Waals surface area contributed by atoms with Gasteiger partial charge in [-0.2, -0.15) is 13.2 Å². The van der Waals surface area contributed by atoms with Gasteiger partial charge >= 0.3 is 12.1 Å². The van der Waals surface area contributed by atoms with Crippen molar-refractivity contribution in [3.8, 4) is 0 Å². The number of halogens is 3. The third-order valence-corrected chi connectivity index (χ3v) is 2.24. The van der Waals surface area contributed by atoms with E-state index in [9.17, 15) is 18.0 Å². The van der Waals surface area contributed by atoms with E-state index in [1.165, 1.54) is 18.3 Å². The largest absolute Gasteiger partial charge is 0.476 e. The number of carboxylic acid groups (broad SMARTS) is 1. The summed E-state index contributed by atoms with van der Waals surface area (Å²) in [5.41, 5.74) is -0.0925. The normalized spacial score (nSPS) is 12.0. The van der Waals surface area contributed by atoms with Crippen LogP contribution in [0.4, 0.5) is 13.2 Å². The molecule has 4 nitrogen and oxygen atoms in total. The van der Waals surface area contributed by atoms with E-state index in [0.29, 0.717) is 5.56 Å². The fourth-order valence-corrected chi connectivity index (χ4v) is 1.55. The summed E-state index contributed by atoms with van der Waals surface area (Å²) in [7, 11) is 0. The Morgan fingerprint density at radius 1 is 1.41 bits per heavy atom. The molecule has 2 aromatic rings. The molecule has 0 fully saturated rings. The molecule has 0 spiro atoms. The first-order valence-corrected chi connectivity index (χ1v) is 4.60.